The molecule has 0 amide bonds. The second-order valence-corrected chi connectivity index (χ2v) is 10.8. The van der Waals surface area contributed by atoms with E-state index in [2.05, 4.69) is 11.8 Å². The first-order valence-electron chi connectivity index (χ1n) is 13.0. The number of carbonyl (C=O) groups is 1. The van der Waals surface area contributed by atoms with Crippen LogP contribution in [-0.2, 0) is 11.0 Å². The third-order valence-corrected chi connectivity index (χ3v) is 8.39. The Labute approximate surface area is 204 Å². The van der Waals surface area contributed by atoms with E-state index >= 15 is 0 Å². The van der Waals surface area contributed by atoms with Gasteiger partial charge in [0, 0.05) is 12.1 Å². The topological polar surface area (TPSA) is 49.8 Å². The van der Waals surface area contributed by atoms with Crippen molar-refractivity contribution in [2.75, 3.05) is 0 Å². The highest BCUT2D eigenvalue weighted by Gasteiger charge is 2.42. The third-order valence-electron chi connectivity index (χ3n) is 8.39. The second kappa shape index (κ2) is 9.64. The van der Waals surface area contributed by atoms with E-state index in [1.165, 1.54) is 12.1 Å². The SMILES string of the molecule is C[C@H]1CC[C@@H](Oc2ccc3cc(C(C(=O)O)N4C5CCCC4CCC5)ccc3c2C(F)(F)F)CC1. The molecule has 4 nitrogen and oxygen atoms in total. The van der Waals surface area contributed by atoms with Crippen molar-refractivity contribution in [2.45, 2.75) is 102 Å². The molecule has 0 spiro atoms. The molecule has 7 heteroatoms. The van der Waals surface area contributed by atoms with Crippen molar-refractivity contribution in [3.05, 3.63) is 41.5 Å². The molecule has 2 aliphatic heterocycles. The second-order valence-electron chi connectivity index (χ2n) is 10.8. The third kappa shape index (κ3) is 4.89. The zero-order valence-electron chi connectivity index (χ0n) is 20.2. The fourth-order valence-corrected chi connectivity index (χ4v) is 6.64. The summed E-state index contributed by atoms with van der Waals surface area (Å²) >= 11 is 0. The Bertz CT molecular complexity index is 1060. The van der Waals surface area contributed by atoms with Crippen molar-refractivity contribution >= 4 is 16.7 Å². The first-order chi connectivity index (χ1) is 16.7. The molecule has 3 fully saturated rings. The van der Waals surface area contributed by atoms with Gasteiger partial charge in [0.1, 0.15) is 17.4 Å². The quantitative estimate of drug-likeness (QED) is 0.477. The monoisotopic (exact) mass is 489 g/mol. The number of hydrogen-bond donors (Lipinski definition) is 1. The first kappa shape index (κ1) is 24.4. The van der Waals surface area contributed by atoms with E-state index in [0.29, 0.717) is 16.9 Å². The number of hydrogen-bond acceptors (Lipinski definition) is 3. The Morgan fingerprint density at radius 3 is 2.17 bits per heavy atom. The van der Waals surface area contributed by atoms with Crippen molar-refractivity contribution in [2.24, 2.45) is 5.92 Å². The molecular formula is C28H34F3NO3. The largest absolute Gasteiger partial charge is 0.490 e. The van der Waals surface area contributed by atoms with Crippen LogP contribution < -0.4 is 4.74 Å². The van der Waals surface area contributed by atoms with Crippen LogP contribution in [0.2, 0.25) is 0 Å². The van der Waals surface area contributed by atoms with Crippen LogP contribution in [0, 0.1) is 5.92 Å². The maximum atomic E-state index is 14.2. The molecule has 3 aliphatic rings. The number of aliphatic carboxylic acids is 1. The molecular weight excluding hydrogens is 455 g/mol. The standard InChI is InChI=1S/C28H34F3NO3/c1-17-8-12-22(13-9-17)35-24-15-11-18-16-19(10-14-23(18)25(24)28(29,30)31)26(27(33)34)32-20-4-2-5-21(32)7-3-6-20/h10-11,14-17,20-22,26H,2-9,12-13H2,1H3,(H,33,34)/t17-,20?,21?,22+,26?. The average molecular weight is 490 g/mol. The molecule has 2 saturated heterocycles. The molecule has 2 aromatic carbocycles. The summed E-state index contributed by atoms with van der Waals surface area (Å²) < 4.78 is 48.6. The molecule has 0 aromatic heterocycles. The minimum Gasteiger partial charge on any atom is -0.490 e. The maximum absolute atomic E-state index is 14.2. The van der Waals surface area contributed by atoms with Crippen LogP contribution in [0.25, 0.3) is 10.8 Å². The number of benzene rings is 2. The lowest BCUT2D eigenvalue weighted by atomic mass is 9.82. The number of rotatable bonds is 5. The molecule has 1 N–H and O–H groups in total. The number of ether oxygens (including phenoxy) is 1. The molecule has 1 aliphatic carbocycles. The van der Waals surface area contributed by atoms with Crippen LogP contribution in [0.3, 0.4) is 0 Å². The minimum atomic E-state index is -4.57. The fraction of sp³-hybridized carbons (Fsp3) is 0.607. The summed E-state index contributed by atoms with van der Waals surface area (Å²) in [6.07, 6.45) is 4.77. The van der Waals surface area contributed by atoms with E-state index < -0.39 is 23.8 Å². The summed E-state index contributed by atoms with van der Waals surface area (Å²) in [5, 5.41) is 10.7. The summed E-state index contributed by atoms with van der Waals surface area (Å²) in [4.78, 5) is 14.6. The molecule has 190 valence electrons. The molecule has 1 atom stereocenters. The van der Waals surface area contributed by atoms with Crippen molar-refractivity contribution in [1.29, 1.82) is 0 Å². The zero-order chi connectivity index (χ0) is 24.7. The van der Waals surface area contributed by atoms with Gasteiger partial charge in [0.15, 0.2) is 0 Å². The van der Waals surface area contributed by atoms with Gasteiger partial charge in [-0.15, -0.1) is 0 Å². The van der Waals surface area contributed by atoms with Crippen molar-refractivity contribution < 1.29 is 27.8 Å². The van der Waals surface area contributed by atoms with Crippen LogP contribution in [-0.4, -0.2) is 34.2 Å². The summed E-state index contributed by atoms with van der Waals surface area (Å²) in [6.45, 7) is 2.16. The van der Waals surface area contributed by atoms with Crippen LogP contribution in [0.1, 0.15) is 88.3 Å². The maximum Gasteiger partial charge on any atom is 0.420 e. The highest BCUT2D eigenvalue weighted by molar-refractivity contribution is 5.90. The van der Waals surface area contributed by atoms with E-state index in [9.17, 15) is 23.1 Å². The van der Waals surface area contributed by atoms with Gasteiger partial charge in [0.05, 0.1) is 6.10 Å². The van der Waals surface area contributed by atoms with E-state index in [-0.39, 0.29) is 29.3 Å². The number of nitrogens with zero attached hydrogens (tertiary/aromatic N) is 1. The van der Waals surface area contributed by atoms with Gasteiger partial charge >= 0.3 is 12.1 Å². The Kier molecular flexibility index (Phi) is 6.73. The van der Waals surface area contributed by atoms with Gasteiger partial charge in [0.2, 0.25) is 0 Å². The summed E-state index contributed by atoms with van der Waals surface area (Å²) in [5.41, 5.74) is -0.214. The van der Waals surface area contributed by atoms with E-state index in [1.807, 2.05) is 0 Å². The Morgan fingerprint density at radius 2 is 1.60 bits per heavy atom. The highest BCUT2D eigenvalue weighted by atomic mass is 19.4. The fourth-order valence-electron chi connectivity index (χ4n) is 6.64. The van der Waals surface area contributed by atoms with Crippen molar-refractivity contribution in [3.63, 3.8) is 0 Å². The molecule has 0 radical (unpaired) electrons. The molecule has 2 bridgehead atoms. The van der Waals surface area contributed by atoms with Crippen LogP contribution >= 0.6 is 0 Å². The number of alkyl halides is 3. The van der Waals surface area contributed by atoms with Gasteiger partial charge in [-0.05, 0) is 85.8 Å². The molecule has 1 saturated carbocycles. The van der Waals surface area contributed by atoms with Gasteiger partial charge in [0.25, 0.3) is 0 Å². The lowest BCUT2D eigenvalue weighted by Gasteiger charge is -2.48. The van der Waals surface area contributed by atoms with Crippen LogP contribution in [0.4, 0.5) is 13.2 Å². The Balaban J connectivity index is 1.51. The van der Waals surface area contributed by atoms with Crippen molar-refractivity contribution in [3.8, 4) is 5.75 Å². The number of halogens is 3. The molecule has 1 unspecified atom stereocenters. The van der Waals surface area contributed by atoms with Gasteiger partial charge in [-0.2, -0.15) is 13.2 Å². The predicted molar refractivity (Wildman–Crippen MR) is 128 cm³/mol. The van der Waals surface area contributed by atoms with Crippen LogP contribution in [0.15, 0.2) is 30.3 Å². The molecule has 2 heterocycles. The van der Waals surface area contributed by atoms with Crippen LogP contribution in [0.5, 0.6) is 5.75 Å². The minimum absolute atomic E-state index is 0.0610. The normalized spacial score (nSPS) is 28.6. The lowest BCUT2D eigenvalue weighted by molar-refractivity contribution is -0.148. The summed E-state index contributed by atoms with van der Waals surface area (Å²) in [6, 6.07) is 7.32. The van der Waals surface area contributed by atoms with E-state index in [4.69, 9.17) is 4.74 Å². The highest BCUT2D eigenvalue weighted by Crippen LogP contribution is 2.45. The van der Waals surface area contributed by atoms with Gasteiger partial charge in [-0.1, -0.05) is 38.0 Å². The van der Waals surface area contributed by atoms with E-state index in [1.54, 1.807) is 18.2 Å². The van der Waals surface area contributed by atoms with Gasteiger partial charge in [-0.25, -0.2) is 0 Å². The smallest absolute Gasteiger partial charge is 0.420 e. The summed E-state index contributed by atoms with van der Waals surface area (Å²) in [7, 11) is 0. The number of carboxylic acid groups (broad SMARTS) is 1. The Morgan fingerprint density at radius 1 is 0.971 bits per heavy atom. The Hall–Kier alpha value is -2.28. The van der Waals surface area contributed by atoms with Gasteiger partial charge in [-0.3, -0.25) is 9.69 Å². The van der Waals surface area contributed by atoms with E-state index in [0.717, 1.165) is 64.2 Å². The zero-order valence-corrected chi connectivity index (χ0v) is 20.2. The van der Waals surface area contributed by atoms with Crippen molar-refractivity contribution in [1.82, 2.24) is 4.90 Å². The number of piperidine rings is 2. The average Bonchev–Trinajstić information content (AvgIpc) is 2.79. The predicted octanol–water partition coefficient (Wildman–Crippen LogP) is 7.35. The molecule has 2 aromatic rings. The number of carboxylic acids is 1. The van der Waals surface area contributed by atoms with Gasteiger partial charge < -0.3 is 9.84 Å². The molecule has 35 heavy (non-hydrogen) atoms. The first-order valence-corrected chi connectivity index (χ1v) is 13.0. The lowest BCUT2D eigenvalue weighted by Crippen LogP contribution is -2.53. The molecule has 5 rings (SSSR count). The summed E-state index contributed by atoms with van der Waals surface area (Å²) in [5.74, 6) is -0.489. The number of fused-ring (bicyclic) bond motifs is 3.